The van der Waals surface area contributed by atoms with Gasteiger partial charge in [0.2, 0.25) is 0 Å². The van der Waals surface area contributed by atoms with Crippen LogP contribution in [0.5, 0.6) is 0 Å². The predicted octanol–water partition coefficient (Wildman–Crippen LogP) is 15.4. The molecule has 0 unspecified atom stereocenters. The summed E-state index contributed by atoms with van der Waals surface area (Å²) in [5, 5.41) is 2.26. The first-order chi connectivity index (χ1) is 29.5. The number of rotatable bonds is 6. The van der Waals surface area contributed by atoms with Crippen molar-refractivity contribution in [2.24, 2.45) is 0 Å². The summed E-state index contributed by atoms with van der Waals surface area (Å²) in [6, 6.07) is 78.2. The van der Waals surface area contributed by atoms with Crippen molar-refractivity contribution in [1.82, 2.24) is 0 Å². The second kappa shape index (κ2) is 13.0. The minimum atomic E-state index is -0.512. The average Bonchev–Trinajstić information content (AvgIpc) is 3.91. The maximum absolute atomic E-state index is 6.24. The van der Waals surface area contributed by atoms with Gasteiger partial charge in [0.05, 0.1) is 11.1 Å². The third-order valence-corrected chi connectivity index (χ3v) is 13.3. The van der Waals surface area contributed by atoms with Gasteiger partial charge in [0.15, 0.2) is 0 Å². The van der Waals surface area contributed by atoms with Crippen molar-refractivity contribution >= 4 is 39.0 Å². The molecular formula is C58H41NO. The number of fused-ring (bicyclic) bond motifs is 9. The first-order valence-electron chi connectivity index (χ1n) is 20.9. The molecule has 284 valence electrons. The van der Waals surface area contributed by atoms with Gasteiger partial charge in [0, 0.05) is 33.1 Å². The highest BCUT2D eigenvalue weighted by Gasteiger charge is 2.47. The predicted molar refractivity (Wildman–Crippen MR) is 249 cm³/mol. The minimum absolute atomic E-state index is 0.154. The monoisotopic (exact) mass is 767 g/mol. The summed E-state index contributed by atoms with van der Waals surface area (Å²) >= 11 is 0. The number of benzene rings is 9. The van der Waals surface area contributed by atoms with Crippen LogP contribution >= 0.6 is 0 Å². The van der Waals surface area contributed by atoms with Crippen molar-refractivity contribution in [3.63, 3.8) is 0 Å². The van der Waals surface area contributed by atoms with Gasteiger partial charge in [-0.25, -0.2) is 0 Å². The van der Waals surface area contributed by atoms with Gasteiger partial charge in [-0.3, -0.25) is 0 Å². The first-order valence-corrected chi connectivity index (χ1v) is 20.9. The lowest BCUT2D eigenvalue weighted by Crippen LogP contribution is -2.28. The molecule has 60 heavy (non-hydrogen) atoms. The van der Waals surface area contributed by atoms with E-state index in [2.05, 4.69) is 219 Å². The van der Waals surface area contributed by atoms with Crippen molar-refractivity contribution in [3.8, 4) is 33.4 Å². The quantitative estimate of drug-likeness (QED) is 0.168. The lowest BCUT2D eigenvalue weighted by molar-refractivity contribution is 0.660. The van der Waals surface area contributed by atoms with E-state index in [0.29, 0.717) is 0 Å². The molecule has 2 aliphatic carbocycles. The van der Waals surface area contributed by atoms with E-state index in [-0.39, 0.29) is 5.41 Å². The Morgan fingerprint density at radius 1 is 0.383 bits per heavy atom. The van der Waals surface area contributed by atoms with Crippen LogP contribution in [0.3, 0.4) is 0 Å². The summed E-state index contributed by atoms with van der Waals surface area (Å²) in [6.07, 6.45) is 0. The Morgan fingerprint density at radius 3 is 1.78 bits per heavy atom. The molecule has 0 N–H and O–H groups in total. The fourth-order valence-corrected chi connectivity index (χ4v) is 10.6. The highest BCUT2D eigenvalue weighted by molar-refractivity contribution is 6.06. The van der Waals surface area contributed by atoms with Crippen LogP contribution in [0.25, 0.3) is 55.3 Å². The lowest BCUT2D eigenvalue weighted by atomic mass is 9.68. The van der Waals surface area contributed by atoms with E-state index >= 15 is 0 Å². The molecule has 1 aromatic heterocycles. The molecule has 9 aromatic carbocycles. The molecule has 0 radical (unpaired) electrons. The van der Waals surface area contributed by atoms with Gasteiger partial charge in [-0.1, -0.05) is 178 Å². The van der Waals surface area contributed by atoms with E-state index in [1.54, 1.807) is 0 Å². The van der Waals surface area contributed by atoms with Crippen LogP contribution in [0.4, 0.5) is 17.1 Å². The van der Waals surface area contributed by atoms with Crippen LogP contribution in [-0.4, -0.2) is 0 Å². The largest absolute Gasteiger partial charge is 0.456 e. The third kappa shape index (κ3) is 4.88. The zero-order valence-electron chi connectivity index (χ0n) is 33.6. The molecule has 0 bridgehead atoms. The molecule has 12 rings (SSSR count). The topological polar surface area (TPSA) is 16.4 Å². The molecule has 2 heteroatoms. The lowest BCUT2D eigenvalue weighted by Gasteiger charge is -2.34. The van der Waals surface area contributed by atoms with E-state index in [0.717, 1.165) is 50.1 Å². The molecule has 0 spiro atoms. The normalized spacial score (nSPS) is 14.1. The molecule has 0 atom stereocenters. The van der Waals surface area contributed by atoms with Crippen LogP contribution in [-0.2, 0) is 10.8 Å². The van der Waals surface area contributed by atoms with Crippen LogP contribution in [0, 0.1) is 0 Å². The Morgan fingerprint density at radius 2 is 0.983 bits per heavy atom. The summed E-state index contributed by atoms with van der Waals surface area (Å²) in [5.41, 5.74) is 19.8. The molecule has 0 saturated carbocycles. The van der Waals surface area contributed by atoms with Crippen molar-refractivity contribution in [2.45, 2.75) is 24.7 Å². The number of hydrogen-bond donors (Lipinski definition) is 0. The zero-order chi connectivity index (χ0) is 40.0. The van der Waals surface area contributed by atoms with E-state index in [1.165, 1.54) is 55.6 Å². The van der Waals surface area contributed by atoms with Crippen molar-refractivity contribution < 1.29 is 4.42 Å². The number of para-hydroxylation sites is 1. The summed E-state index contributed by atoms with van der Waals surface area (Å²) in [7, 11) is 0. The maximum Gasteiger partial charge on any atom is 0.135 e. The van der Waals surface area contributed by atoms with Crippen LogP contribution in [0.15, 0.2) is 217 Å². The van der Waals surface area contributed by atoms with E-state index in [1.807, 2.05) is 12.1 Å². The summed E-state index contributed by atoms with van der Waals surface area (Å²) in [4.78, 5) is 2.51. The molecule has 1 heterocycles. The molecule has 0 aliphatic heterocycles. The van der Waals surface area contributed by atoms with Gasteiger partial charge in [0.25, 0.3) is 0 Å². The molecule has 0 amide bonds. The highest BCUT2D eigenvalue weighted by atomic mass is 16.3. The van der Waals surface area contributed by atoms with E-state index in [4.69, 9.17) is 4.42 Å². The standard InChI is InChI=1S/C58H41NO/c1-57(2)49-26-12-9-23-44(49)45-33-32-43(37-52(45)57)59(42-22-15-17-38(35-42)39-31-34-55-48(36-39)46-24-11-14-30-54(46)60-55)53-29-16-28-51-56(53)47-25-10-13-27-50(47)58(51,40-18-5-3-6-19-40)41-20-7-4-8-21-41/h3-37H,1-2H3. The van der Waals surface area contributed by atoms with Crippen molar-refractivity contribution in [1.29, 1.82) is 0 Å². The summed E-state index contributed by atoms with van der Waals surface area (Å²) < 4.78 is 6.24. The summed E-state index contributed by atoms with van der Waals surface area (Å²) in [5.74, 6) is 0. The molecule has 0 fully saturated rings. The number of nitrogens with zero attached hydrogens (tertiary/aromatic N) is 1. The Kier molecular flexibility index (Phi) is 7.52. The molecule has 2 aliphatic rings. The Hall–Kier alpha value is -7.42. The number of hydrogen-bond acceptors (Lipinski definition) is 2. The first kappa shape index (κ1) is 34.6. The Bertz CT molecular complexity index is 3260. The second-order valence-electron chi connectivity index (χ2n) is 16.8. The fraction of sp³-hybridized carbons (Fsp3) is 0.0690. The highest BCUT2D eigenvalue weighted by Crippen LogP contribution is 2.60. The SMILES string of the molecule is CC1(C)c2ccccc2-c2ccc(N(c3cccc(-c4ccc5oc6ccccc6c5c4)c3)c3cccc4c3-c3ccccc3C4(c3ccccc3)c3ccccc3)cc21. The van der Waals surface area contributed by atoms with Gasteiger partial charge in [-0.2, -0.15) is 0 Å². The van der Waals surface area contributed by atoms with Crippen molar-refractivity contribution in [3.05, 3.63) is 246 Å². The Labute approximate surface area is 350 Å². The molecule has 2 nitrogen and oxygen atoms in total. The fourth-order valence-electron chi connectivity index (χ4n) is 10.6. The minimum Gasteiger partial charge on any atom is -0.456 e. The van der Waals surface area contributed by atoms with Crippen LogP contribution in [0.1, 0.15) is 47.2 Å². The van der Waals surface area contributed by atoms with Gasteiger partial charge in [-0.05, 0) is 110 Å². The van der Waals surface area contributed by atoms with Gasteiger partial charge < -0.3 is 9.32 Å². The maximum atomic E-state index is 6.24. The van der Waals surface area contributed by atoms with Gasteiger partial charge >= 0.3 is 0 Å². The molecule has 10 aromatic rings. The smallest absolute Gasteiger partial charge is 0.135 e. The van der Waals surface area contributed by atoms with Crippen LogP contribution in [0.2, 0.25) is 0 Å². The molecule has 0 saturated heterocycles. The third-order valence-electron chi connectivity index (χ3n) is 13.3. The Balaban J connectivity index is 1.12. The van der Waals surface area contributed by atoms with Gasteiger partial charge in [0.1, 0.15) is 11.2 Å². The van der Waals surface area contributed by atoms with Crippen LogP contribution < -0.4 is 4.90 Å². The van der Waals surface area contributed by atoms with E-state index in [9.17, 15) is 0 Å². The number of anilines is 3. The molecular weight excluding hydrogens is 727 g/mol. The summed E-state index contributed by atoms with van der Waals surface area (Å²) in [6.45, 7) is 4.74. The number of furan rings is 1. The average molecular weight is 768 g/mol. The van der Waals surface area contributed by atoms with Gasteiger partial charge in [-0.15, -0.1) is 0 Å². The second-order valence-corrected chi connectivity index (χ2v) is 16.8. The zero-order valence-corrected chi connectivity index (χ0v) is 33.6. The van der Waals surface area contributed by atoms with Crippen molar-refractivity contribution in [2.75, 3.05) is 4.90 Å². The van der Waals surface area contributed by atoms with E-state index < -0.39 is 5.41 Å².